The highest BCUT2D eigenvalue weighted by Crippen LogP contribution is 2.26. The third-order valence-corrected chi connectivity index (χ3v) is 4.88. The molecule has 0 fully saturated rings. The van der Waals surface area contributed by atoms with Crippen molar-refractivity contribution in [3.63, 3.8) is 0 Å². The Labute approximate surface area is 143 Å². The summed E-state index contributed by atoms with van der Waals surface area (Å²) in [6.45, 7) is 0. The maximum atomic E-state index is 12.2. The Morgan fingerprint density at radius 2 is 2.24 bits per heavy atom. The van der Waals surface area contributed by atoms with Crippen LogP contribution in [-0.4, -0.2) is 24.6 Å². The van der Waals surface area contributed by atoms with E-state index in [9.17, 15) is 4.79 Å². The molecule has 21 heavy (non-hydrogen) atoms. The van der Waals surface area contributed by atoms with Crippen molar-refractivity contribution in [2.24, 2.45) is 0 Å². The van der Waals surface area contributed by atoms with Crippen molar-refractivity contribution < 1.29 is 0 Å². The molecular weight excluding hydrogens is 469 g/mol. The number of aromatic amines is 1. The van der Waals surface area contributed by atoms with Gasteiger partial charge in [-0.15, -0.1) is 16.4 Å². The Morgan fingerprint density at radius 1 is 1.38 bits per heavy atom. The largest absolute Gasteiger partial charge is 0.348 e. The molecule has 0 saturated carbocycles. The lowest BCUT2D eigenvalue weighted by atomic mass is 10.2. The minimum absolute atomic E-state index is 0.313. The lowest BCUT2D eigenvalue weighted by Crippen LogP contribution is -2.17. The summed E-state index contributed by atoms with van der Waals surface area (Å²) < 4.78 is 3.14. The molecule has 0 spiro atoms. The first-order valence-electron chi connectivity index (χ1n) is 5.80. The van der Waals surface area contributed by atoms with Gasteiger partial charge >= 0.3 is 5.69 Å². The maximum absolute atomic E-state index is 12.2. The molecule has 9 heteroatoms. The number of H-pyrrole nitrogens is 1. The zero-order valence-corrected chi connectivity index (χ0v) is 14.7. The monoisotopic (exact) mass is 473 g/mol. The van der Waals surface area contributed by atoms with E-state index < -0.39 is 0 Å². The number of aromatic nitrogens is 5. The number of nitrogens with one attached hydrogen (secondary N) is 1. The van der Waals surface area contributed by atoms with Crippen LogP contribution in [0.1, 0.15) is 0 Å². The van der Waals surface area contributed by atoms with Crippen LogP contribution in [-0.2, 0) is 0 Å². The smallest absolute Gasteiger partial charge is 0.304 e. The summed E-state index contributed by atoms with van der Waals surface area (Å²) in [5.74, 6) is 0.448. The van der Waals surface area contributed by atoms with E-state index in [4.69, 9.17) is 0 Å². The zero-order chi connectivity index (χ0) is 14.6. The Balaban J connectivity index is 2.17. The molecule has 3 heterocycles. The Kier molecular flexibility index (Phi) is 3.08. The van der Waals surface area contributed by atoms with Gasteiger partial charge in [0.15, 0.2) is 5.65 Å². The van der Waals surface area contributed by atoms with Gasteiger partial charge < -0.3 is 4.98 Å². The van der Waals surface area contributed by atoms with Crippen molar-refractivity contribution in [3.8, 4) is 11.5 Å². The number of rotatable bonds is 1. The average molecular weight is 474 g/mol. The molecule has 0 aliphatic heterocycles. The Hall–Kier alpha value is -1.33. The summed E-state index contributed by atoms with van der Waals surface area (Å²) in [5.41, 5.74) is 3.35. The minimum Gasteiger partial charge on any atom is -0.304 e. The van der Waals surface area contributed by atoms with E-state index in [1.807, 2.05) is 17.5 Å². The first-order valence-corrected chi connectivity index (χ1v) is 8.61. The van der Waals surface area contributed by atoms with Crippen LogP contribution in [0.15, 0.2) is 32.3 Å². The number of thiazole rings is 1. The quantitative estimate of drug-likeness (QED) is 0.431. The van der Waals surface area contributed by atoms with Crippen LogP contribution in [0.4, 0.5) is 0 Å². The van der Waals surface area contributed by atoms with E-state index in [0.717, 1.165) is 18.9 Å². The van der Waals surface area contributed by atoms with Crippen LogP contribution in [0.3, 0.4) is 0 Å². The van der Waals surface area contributed by atoms with Crippen molar-refractivity contribution >= 4 is 66.4 Å². The zero-order valence-electron chi connectivity index (χ0n) is 10.2. The number of halogens is 2. The van der Waals surface area contributed by atoms with Crippen LogP contribution in [0.5, 0.6) is 0 Å². The second-order valence-electron chi connectivity index (χ2n) is 4.28. The van der Waals surface area contributed by atoms with Gasteiger partial charge in [-0.05, 0) is 34.7 Å². The third kappa shape index (κ3) is 2.10. The van der Waals surface area contributed by atoms with Crippen LogP contribution in [0.2, 0.25) is 0 Å². The second-order valence-corrected chi connectivity index (χ2v) is 7.08. The lowest BCUT2D eigenvalue weighted by molar-refractivity contribution is 0.883. The molecule has 6 nitrogen and oxygen atoms in total. The number of nitrogens with zero attached hydrogens (tertiary/aromatic N) is 4. The first-order chi connectivity index (χ1) is 10.1. The molecule has 0 amide bonds. The van der Waals surface area contributed by atoms with Gasteiger partial charge in [0.05, 0.1) is 11.0 Å². The summed E-state index contributed by atoms with van der Waals surface area (Å²) in [5, 5.41) is 6.94. The van der Waals surface area contributed by atoms with Gasteiger partial charge in [-0.2, -0.15) is 4.52 Å². The molecule has 0 saturated heterocycles. The van der Waals surface area contributed by atoms with Crippen molar-refractivity contribution in [2.45, 2.75) is 0 Å². The van der Waals surface area contributed by atoms with Gasteiger partial charge in [0, 0.05) is 18.8 Å². The molecular formula is C12H5BrIN5OS. The molecule has 0 aliphatic rings. The van der Waals surface area contributed by atoms with Crippen molar-refractivity contribution in [1.29, 1.82) is 0 Å². The van der Waals surface area contributed by atoms with Gasteiger partial charge in [-0.3, -0.25) is 0 Å². The van der Waals surface area contributed by atoms with E-state index in [-0.39, 0.29) is 5.69 Å². The van der Waals surface area contributed by atoms with E-state index in [0.29, 0.717) is 17.2 Å². The number of fused-ring (bicyclic) bond motifs is 3. The summed E-state index contributed by atoms with van der Waals surface area (Å²) in [6, 6.07) is 3.86. The Bertz CT molecular complexity index is 1040. The summed E-state index contributed by atoms with van der Waals surface area (Å²) in [7, 11) is 0. The van der Waals surface area contributed by atoms with Crippen molar-refractivity contribution in [3.05, 3.63) is 41.6 Å². The molecule has 3 aromatic heterocycles. The average Bonchev–Trinajstić information content (AvgIpc) is 3.07. The molecule has 1 N–H and O–H groups in total. The summed E-state index contributed by atoms with van der Waals surface area (Å²) >= 11 is 7.11. The number of hydrogen-bond donors (Lipinski definition) is 1. The highest BCUT2D eigenvalue weighted by atomic mass is 127. The third-order valence-electron chi connectivity index (χ3n) is 2.99. The predicted molar refractivity (Wildman–Crippen MR) is 92.6 cm³/mol. The van der Waals surface area contributed by atoms with E-state index in [1.165, 1.54) is 15.9 Å². The van der Waals surface area contributed by atoms with Crippen LogP contribution in [0.25, 0.3) is 28.1 Å². The second kappa shape index (κ2) is 4.85. The predicted octanol–water partition coefficient (Wildman–Crippen LogP) is 3.06. The standard InChI is InChI=1S/C12H5BrIN5OS/c13-5-1-6-9(7(14)2-5)16-12(20)19-11(6)17-10(18-19)8-3-21-4-15-8/h1-4H,(H,16,20). The van der Waals surface area contributed by atoms with E-state index >= 15 is 0 Å². The van der Waals surface area contributed by atoms with Crippen LogP contribution >= 0.6 is 49.9 Å². The van der Waals surface area contributed by atoms with Gasteiger partial charge in [0.1, 0.15) is 5.69 Å². The summed E-state index contributed by atoms with van der Waals surface area (Å²) in [4.78, 5) is 23.7. The molecule has 0 bridgehead atoms. The van der Waals surface area contributed by atoms with Gasteiger partial charge in [0.2, 0.25) is 5.82 Å². The minimum atomic E-state index is -0.313. The van der Waals surface area contributed by atoms with Crippen LogP contribution in [0, 0.1) is 3.57 Å². The fourth-order valence-corrected chi connectivity index (χ4v) is 4.27. The maximum Gasteiger partial charge on any atom is 0.348 e. The topological polar surface area (TPSA) is 75.9 Å². The van der Waals surface area contributed by atoms with E-state index in [1.54, 1.807) is 5.51 Å². The fraction of sp³-hybridized carbons (Fsp3) is 0. The van der Waals surface area contributed by atoms with Crippen LogP contribution < -0.4 is 5.69 Å². The highest BCUT2D eigenvalue weighted by Gasteiger charge is 2.15. The normalized spacial score (nSPS) is 11.5. The SMILES string of the molecule is O=c1[nH]c2c(I)cc(Br)cc2c2nc(-c3cscn3)nn12. The Morgan fingerprint density at radius 3 is 3.00 bits per heavy atom. The first kappa shape index (κ1) is 13.3. The van der Waals surface area contributed by atoms with Crippen molar-refractivity contribution in [2.75, 3.05) is 0 Å². The molecule has 0 unspecified atom stereocenters. The number of hydrogen-bond acceptors (Lipinski definition) is 5. The molecule has 1 aromatic carbocycles. The molecule has 4 aromatic rings. The molecule has 0 atom stereocenters. The number of benzene rings is 1. The molecule has 104 valence electrons. The van der Waals surface area contributed by atoms with Crippen molar-refractivity contribution in [1.82, 2.24) is 24.6 Å². The van der Waals surface area contributed by atoms with Gasteiger partial charge in [0.25, 0.3) is 0 Å². The van der Waals surface area contributed by atoms with E-state index in [2.05, 4.69) is 58.6 Å². The lowest BCUT2D eigenvalue weighted by Gasteiger charge is -2.02. The van der Waals surface area contributed by atoms with Gasteiger partial charge in [-0.25, -0.2) is 14.8 Å². The fourth-order valence-electron chi connectivity index (χ4n) is 2.10. The molecule has 0 aliphatic carbocycles. The molecule has 4 rings (SSSR count). The molecule has 0 radical (unpaired) electrons. The van der Waals surface area contributed by atoms with Gasteiger partial charge in [-0.1, -0.05) is 15.9 Å². The highest BCUT2D eigenvalue weighted by molar-refractivity contribution is 14.1. The summed E-state index contributed by atoms with van der Waals surface area (Å²) in [6.07, 6.45) is 0.